The van der Waals surface area contributed by atoms with Gasteiger partial charge in [0.2, 0.25) is 0 Å². The zero-order valence-electron chi connectivity index (χ0n) is 9.81. The molecule has 0 saturated carbocycles. The Bertz CT molecular complexity index is 672. The van der Waals surface area contributed by atoms with E-state index in [9.17, 15) is 0 Å². The topological polar surface area (TPSA) is 0 Å². The number of benzene rings is 3. The molecule has 1 radical (unpaired) electrons. The minimum absolute atomic E-state index is 0.789. The van der Waals surface area contributed by atoms with Gasteiger partial charge in [-0.2, -0.15) is 0 Å². The van der Waals surface area contributed by atoms with Crippen molar-refractivity contribution in [2.45, 2.75) is 0 Å². The standard InChI is InChI=1S/C17H12Cl/c18-17-11-10-14-8-4-5-9-15(14)16(17)12-13-6-2-1-3-7-13/h1-12H. The van der Waals surface area contributed by atoms with Crippen LogP contribution in [0.25, 0.3) is 10.8 Å². The van der Waals surface area contributed by atoms with E-state index in [1.807, 2.05) is 36.4 Å². The zero-order valence-corrected chi connectivity index (χ0v) is 10.6. The second kappa shape index (κ2) is 4.83. The van der Waals surface area contributed by atoms with E-state index in [2.05, 4.69) is 36.8 Å². The lowest BCUT2D eigenvalue weighted by atomic mass is 9.98. The van der Waals surface area contributed by atoms with E-state index < -0.39 is 0 Å². The first kappa shape index (κ1) is 11.3. The van der Waals surface area contributed by atoms with Gasteiger partial charge in [-0.1, -0.05) is 72.3 Å². The molecule has 0 aliphatic carbocycles. The van der Waals surface area contributed by atoms with Crippen LogP contribution in [0.3, 0.4) is 0 Å². The third-order valence-corrected chi connectivity index (χ3v) is 3.36. The van der Waals surface area contributed by atoms with Gasteiger partial charge in [0.1, 0.15) is 0 Å². The van der Waals surface area contributed by atoms with Crippen molar-refractivity contribution in [3.8, 4) is 0 Å². The van der Waals surface area contributed by atoms with Crippen molar-refractivity contribution >= 4 is 22.4 Å². The van der Waals surface area contributed by atoms with Crippen LogP contribution in [-0.2, 0) is 0 Å². The quantitative estimate of drug-likeness (QED) is 0.595. The Kier molecular flexibility index (Phi) is 3.04. The van der Waals surface area contributed by atoms with Crippen molar-refractivity contribution in [2.24, 2.45) is 0 Å². The van der Waals surface area contributed by atoms with Crippen LogP contribution in [0.4, 0.5) is 0 Å². The minimum Gasteiger partial charge on any atom is -0.0840 e. The lowest BCUT2D eigenvalue weighted by molar-refractivity contribution is 1.46. The van der Waals surface area contributed by atoms with Crippen molar-refractivity contribution in [1.82, 2.24) is 0 Å². The first-order valence-electron chi connectivity index (χ1n) is 5.92. The molecule has 0 saturated heterocycles. The minimum atomic E-state index is 0.789. The van der Waals surface area contributed by atoms with Crippen molar-refractivity contribution in [1.29, 1.82) is 0 Å². The molecule has 1 heteroatoms. The SMILES string of the molecule is Clc1ccc2ccccc2c1[CH]c1ccccc1. The van der Waals surface area contributed by atoms with Crippen LogP contribution in [0, 0.1) is 6.42 Å². The molecule has 0 atom stereocenters. The van der Waals surface area contributed by atoms with Crippen LogP contribution < -0.4 is 0 Å². The molecule has 3 aromatic carbocycles. The van der Waals surface area contributed by atoms with Crippen molar-refractivity contribution in [2.75, 3.05) is 0 Å². The molecule has 0 aromatic heterocycles. The monoisotopic (exact) mass is 251 g/mol. The van der Waals surface area contributed by atoms with Crippen molar-refractivity contribution < 1.29 is 0 Å². The van der Waals surface area contributed by atoms with Crippen LogP contribution in [0.1, 0.15) is 11.1 Å². The highest BCUT2D eigenvalue weighted by atomic mass is 35.5. The van der Waals surface area contributed by atoms with Crippen LogP contribution >= 0.6 is 11.6 Å². The Hall–Kier alpha value is -1.79. The van der Waals surface area contributed by atoms with E-state index >= 15 is 0 Å². The van der Waals surface area contributed by atoms with Gasteiger partial charge in [0.05, 0.1) is 0 Å². The van der Waals surface area contributed by atoms with Gasteiger partial charge in [-0.15, -0.1) is 0 Å². The second-order valence-electron chi connectivity index (χ2n) is 4.24. The summed E-state index contributed by atoms with van der Waals surface area (Å²) in [5.41, 5.74) is 2.25. The molecule has 0 fully saturated rings. The summed E-state index contributed by atoms with van der Waals surface area (Å²) in [6, 6.07) is 22.6. The van der Waals surface area contributed by atoms with E-state index in [0.717, 1.165) is 16.1 Å². The Morgan fingerprint density at radius 3 is 2.28 bits per heavy atom. The highest BCUT2D eigenvalue weighted by Crippen LogP contribution is 2.29. The van der Waals surface area contributed by atoms with Gasteiger partial charge >= 0.3 is 0 Å². The summed E-state index contributed by atoms with van der Waals surface area (Å²) in [5.74, 6) is 0. The molecule has 0 heterocycles. The predicted octanol–water partition coefficient (Wildman–Crippen LogP) is 5.09. The molecule has 0 amide bonds. The fourth-order valence-corrected chi connectivity index (χ4v) is 2.35. The summed E-state index contributed by atoms with van der Waals surface area (Å²) in [6.07, 6.45) is 2.13. The summed E-state index contributed by atoms with van der Waals surface area (Å²) >= 11 is 6.32. The van der Waals surface area contributed by atoms with E-state index in [-0.39, 0.29) is 0 Å². The summed E-state index contributed by atoms with van der Waals surface area (Å²) < 4.78 is 0. The average Bonchev–Trinajstić information content (AvgIpc) is 2.43. The number of rotatable bonds is 2. The van der Waals surface area contributed by atoms with E-state index in [1.165, 1.54) is 10.8 Å². The van der Waals surface area contributed by atoms with Gasteiger partial charge < -0.3 is 0 Å². The lowest BCUT2D eigenvalue weighted by Gasteiger charge is -2.08. The molecule has 0 nitrogen and oxygen atoms in total. The largest absolute Gasteiger partial charge is 0.0840 e. The maximum atomic E-state index is 6.32. The Morgan fingerprint density at radius 2 is 1.44 bits per heavy atom. The van der Waals surface area contributed by atoms with Gasteiger partial charge in [-0.3, -0.25) is 0 Å². The first-order chi connectivity index (χ1) is 8.84. The molecular formula is C17H12Cl. The molecule has 0 N–H and O–H groups in total. The van der Waals surface area contributed by atoms with E-state index in [4.69, 9.17) is 11.6 Å². The van der Waals surface area contributed by atoms with Crippen LogP contribution in [-0.4, -0.2) is 0 Å². The Balaban J connectivity index is 2.13. The average molecular weight is 252 g/mol. The van der Waals surface area contributed by atoms with Gasteiger partial charge in [-0.25, -0.2) is 0 Å². The lowest BCUT2D eigenvalue weighted by Crippen LogP contribution is -1.88. The Labute approximate surface area is 112 Å². The number of hydrogen-bond acceptors (Lipinski definition) is 0. The number of halogens is 1. The predicted molar refractivity (Wildman–Crippen MR) is 77.9 cm³/mol. The third kappa shape index (κ3) is 2.12. The number of fused-ring (bicyclic) bond motifs is 1. The molecule has 0 unspecified atom stereocenters. The summed E-state index contributed by atoms with van der Waals surface area (Å²) in [5, 5.41) is 3.19. The van der Waals surface area contributed by atoms with Gasteiger partial charge in [0, 0.05) is 11.4 Å². The van der Waals surface area contributed by atoms with Crippen molar-refractivity contribution in [3.63, 3.8) is 0 Å². The molecule has 87 valence electrons. The van der Waals surface area contributed by atoms with Gasteiger partial charge in [0.25, 0.3) is 0 Å². The second-order valence-corrected chi connectivity index (χ2v) is 4.64. The highest BCUT2D eigenvalue weighted by Gasteiger charge is 2.06. The fourth-order valence-electron chi connectivity index (χ4n) is 2.13. The van der Waals surface area contributed by atoms with E-state index in [0.29, 0.717) is 0 Å². The normalized spacial score (nSPS) is 10.7. The van der Waals surface area contributed by atoms with Gasteiger partial charge in [0.15, 0.2) is 0 Å². The maximum absolute atomic E-state index is 6.32. The van der Waals surface area contributed by atoms with Crippen molar-refractivity contribution in [3.05, 3.63) is 89.3 Å². The molecule has 0 spiro atoms. The van der Waals surface area contributed by atoms with Crippen LogP contribution in [0.5, 0.6) is 0 Å². The molecule has 0 aliphatic heterocycles. The summed E-state index contributed by atoms with van der Waals surface area (Å²) in [6.45, 7) is 0. The maximum Gasteiger partial charge on any atom is 0.0450 e. The third-order valence-electron chi connectivity index (χ3n) is 3.03. The summed E-state index contributed by atoms with van der Waals surface area (Å²) in [7, 11) is 0. The molecule has 3 rings (SSSR count). The van der Waals surface area contributed by atoms with E-state index in [1.54, 1.807) is 0 Å². The molecule has 0 bridgehead atoms. The van der Waals surface area contributed by atoms with Crippen LogP contribution in [0.15, 0.2) is 66.7 Å². The molecule has 3 aromatic rings. The Morgan fingerprint density at radius 1 is 0.722 bits per heavy atom. The summed E-state index contributed by atoms with van der Waals surface area (Å²) in [4.78, 5) is 0. The highest BCUT2D eigenvalue weighted by molar-refractivity contribution is 6.32. The smallest absolute Gasteiger partial charge is 0.0450 e. The molecule has 0 aliphatic rings. The molecular weight excluding hydrogens is 240 g/mol. The molecule has 18 heavy (non-hydrogen) atoms. The fraction of sp³-hybridized carbons (Fsp3) is 0. The zero-order chi connectivity index (χ0) is 12.4. The van der Waals surface area contributed by atoms with Gasteiger partial charge in [-0.05, 0) is 28.0 Å². The van der Waals surface area contributed by atoms with Crippen LogP contribution in [0.2, 0.25) is 5.02 Å². The first-order valence-corrected chi connectivity index (χ1v) is 6.29. The number of hydrogen-bond donors (Lipinski definition) is 0.